The van der Waals surface area contributed by atoms with E-state index in [0.29, 0.717) is 29.9 Å². The summed E-state index contributed by atoms with van der Waals surface area (Å²) in [5.41, 5.74) is 0.980. The Morgan fingerprint density at radius 2 is 2.04 bits per heavy atom. The number of rotatable bonds is 3. The average Bonchev–Trinajstić information content (AvgIpc) is 3.22. The number of thiazole rings is 1. The highest BCUT2D eigenvalue weighted by molar-refractivity contribution is 9.10. The summed E-state index contributed by atoms with van der Waals surface area (Å²) in [5, 5.41) is 1.01. The number of hydrogen-bond donors (Lipinski definition) is 0. The maximum Gasteiger partial charge on any atom is 0.289 e. The van der Waals surface area contributed by atoms with Gasteiger partial charge in [0.25, 0.3) is 5.91 Å². The molecule has 2 aliphatic rings. The molecule has 3 heterocycles. The van der Waals surface area contributed by atoms with Crippen molar-refractivity contribution in [3.63, 3.8) is 0 Å². The summed E-state index contributed by atoms with van der Waals surface area (Å²) >= 11 is 4.76. The van der Waals surface area contributed by atoms with Crippen LogP contribution in [0.5, 0.6) is 0 Å². The van der Waals surface area contributed by atoms with Crippen molar-refractivity contribution in [3.05, 3.63) is 38.1 Å². The standard InChI is InChI=1S/C17H18BrN3O3S/c18-14-5-4-13(24-14)17(23)21-8-6-20(7-9-21)10-15-19-11-2-1-3-12(22)16(11)25-15/h4-5H,1-3,6-10H2. The van der Waals surface area contributed by atoms with Gasteiger partial charge in [0.1, 0.15) is 5.01 Å². The van der Waals surface area contributed by atoms with Gasteiger partial charge in [0, 0.05) is 32.6 Å². The first-order valence-corrected chi connectivity index (χ1v) is 10.00. The zero-order chi connectivity index (χ0) is 17.4. The van der Waals surface area contributed by atoms with Gasteiger partial charge < -0.3 is 9.32 Å². The van der Waals surface area contributed by atoms with Crippen LogP contribution in [-0.4, -0.2) is 52.7 Å². The number of aryl methyl sites for hydroxylation is 1. The average molecular weight is 424 g/mol. The van der Waals surface area contributed by atoms with Crippen molar-refractivity contribution in [2.24, 2.45) is 0 Å². The van der Waals surface area contributed by atoms with Gasteiger partial charge in [-0.2, -0.15) is 0 Å². The zero-order valence-corrected chi connectivity index (χ0v) is 16.1. The number of hydrogen-bond acceptors (Lipinski definition) is 6. The number of carbonyl (C=O) groups is 2. The third kappa shape index (κ3) is 3.56. The Balaban J connectivity index is 1.35. The van der Waals surface area contributed by atoms with Crippen molar-refractivity contribution in [2.75, 3.05) is 26.2 Å². The van der Waals surface area contributed by atoms with Crippen molar-refractivity contribution in [1.29, 1.82) is 0 Å². The van der Waals surface area contributed by atoms with Crippen LogP contribution >= 0.6 is 27.3 Å². The lowest BCUT2D eigenvalue weighted by Crippen LogP contribution is -2.48. The molecule has 2 aromatic heterocycles. The topological polar surface area (TPSA) is 66.7 Å². The van der Waals surface area contributed by atoms with Gasteiger partial charge in [-0.3, -0.25) is 14.5 Å². The van der Waals surface area contributed by atoms with Crippen molar-refractivity contribution in [1.82, 2.24) is 14.8 Å². The summed E-state index contributed by atoms with van der Waals surface area (Å²) in [6.07, 6.45) is 2.48. The Hall–Kier alpha value is -1.51. The first kappa shape index (κ1) is 16.9. The Morgan fingerprint density at radius 3 is 2.72 bits per heavy atom. The maximum atomic E-state index is 12.4. The number of furan rings is 1. The molecule has 1 amide bonds. The third-order valence-corrected chi connectivity index (χ3v) is 6.16. The SMILES string of the molecule is O=C1CCCc2nc(CN3CCN(C(=O)c4ccc(Br)o4)CC3)sc21. The molecule has 6 nitrogen and oxygen atoms in total. The molecule has 1 fully saturated rings. The molecule has 0 aromatic carbocycles. The van der Waals surface area contributed by atoms with E-state index in [9.17, 15) is 9.59 Å². The summed E-state index contributed by atoms with van der Waals surface area (Å²) < 4.78 is 5.92. The van der Waals surface area contributed by atoms with Crippen LogP contribution < -0.4 is 0 Å². The molecule has 8 heteroatoms. The number of nitrogens with zero attached hydrogens (tertiary/aromatic N) is 3. The summed E-state index contributed by atoms with van der Waals surface area (Å²) in [5.74, 6) is 0.539. The molecule has 1 aliphatic carbocycles. The maximum absolute atomic E-state index is 12.4. The molecule has 0 radical (unpaired) electrons. The van der Waals surface area contributed by atoms with Crippen LogP contribution in [0.25, 0.3) is 0 Å². The second-order valence-electron chi connectivity index (χ2n) is 6.33. The van der Waals surface area contributed by atoms with Crippen molar-refractivity contribution < 1.29 is 14.0 Å². The predicted octanol–water partition coefficient (Wildman–Crippen LogP) is 2.98. The van der Waals surface area contributed by atoms with Crippen LogP contribution in [0.15, 0.2) is 21.2 Å². The molecule has 25 heavy (non-hydrogen) atoms. The number of ketones is 1. The van der Waals surface area contributed by atoms with Crippen LogP contribution in [0.3, 0.4) is 0 Å². The lowest BCUT2D eigenvalue weighted by molar-refractivity contribution is 0.0596. The van der Waals surface area contributed by atoms with E-state index in [0.717, 1.165) is 48.1 Å². The number of amides is 1. The normalized spacial score (nSPS) is 18.4. The fourth-order valence-electron chi connectivity index (χ4n) is 3.27. The van der Waals surface area contributed by atoms with Gasteiger partial charge in [0.15, 0.2) is 16.2 Å². The lowest BCUT2D eigenvalue weighted by Gasteiger charge is -2.33. The van der Waals surface area contributed by atoms with Crippen LogP contribution in [-0.2, 0) is 13.0 Å². The fraction of sp³-hybridized carbons (Fsp3) is 0.471. The van der Waals surface area contributed by atoms with Gasteiger partial charge in [0.2, 0.25) is 0 Å². The van der Waals surface area contributed by atoms with Gasteiger partial charge in [-0.25, -0.2) is 4.98 Å². The minimum Gasteiger partial charge on any atom is -0.444 e. The highest BCUT2D eigenvalue weighted by atomic mass is 79.9. The van der Waals surface area contributed by atoms with Crippen molar-refractivity contribution in [2.45, 2.75) is 25.8 Å². The Labute approximate surface area is 157 Å². The number of halogens is 1. The number of piperazine rings is 1. The molecule has 2 aromatic rings. The lowest BCUT2D eigenvalue weighted by atomic mass is 10.0. The Morgan fingerprint density at radius 1 is 1.24 bits per heavy atom. The summed E-state index contributed by atoms with van der Waals surface area (Å²) in [6, 6.07) is 3.42. The smallest absolute Gasteiger partial charge is 0.289 e. The van der Waals surface area contributed by atoms with E-state index in [1.165, 1.54) is 0 Å². The molecule has 1 saturated heterocycles. The predicted molar refractivity (Wildman–Crippen MR) is 97.0 cm³/mol. The van der Waals surface area contributed by atoms with E-state index in [-0.39, 0.29) is 11.7 Å². The number of Topliss-reactive ketones (excluding diaryl/α,β-unsaturated/α-hetero) is 1. The van der Waals surface area contributed by atoms with Gasteiger partial charge in [-0.05, 0) is 40.9 Å². The molecule has 0 bridgehead atoms. The van der Waals surface area contributed by atoms with Crippen molar-refractivity contribution in [3.8, 4) is 0 Å². The molecule has 4 rings (SSSR count). The highest BCUT2D eigenvalue weighted by Crippen LogP contribution is 2.27. The van der Waals surface area contributed by atoms with Crippen LogP contribution in [0.2, 0.25) is 0 Å². The molecular formula is C17H18BrN3O3S. The first-order valence-electron chi connectivity index (χ1n) is 8.39. The quantitative estimate of drug-likeness (QED) is 0.758. The monoisotopic (exact) mass is 423 g/mol. The number of aromatic nitrogens is 1. The minimum atomic E-state index is -0.0688. The van der Waals surface area contributed by atoms with E-state index in [2.05, 4.69) is 25.8 Å². The molecule has 132 valence electrons. The van der Waals surface area contributed by atoms with Gasteiger partial charge >= 0.3 is 0 Å². The molecular weight excluding hydrogens is 406 g/mol. The molecule has 1 aliphatic heterocycles. The van der Waals surface area contributed by atoms with Gasteiger partial charge in [0.05, 0.1) is 17.1 Å². The molecule has 0 N–H and O–H groups in total. The summed E-state index contributed by atoms with van der Waals surface area (Å²) in [4.78, 5) is 34.0. The minimum absolute atomic E-state index is 0.0688. The number of carbonyl (C=O) groups excluding carboxylic acids is 2. The second kappa shape index (κ2) is 7.01. The van der Waals surface area contributed by atoms with E-state index in [1.54, 1.807) is 23.5 Å². The number of fused-ring (bicyclic) bond motifs is 1. The van der Waals surface area contributed by atoms with Crippen LogP contribution in [0.1, 0.15) is 43.8 Å². The van der Waals surface area contributed by atoms with E-state index < -0.39 is 0 Å². The molecule has 0 saturated carbocycles. The summed E-state index contributed by atoms with van der Waals surface area (Å²) in [6.45, 7) is 3.68. The van der Waals surface area contributed by atoms with E-state index in [4.69, 9.17) is 4.42 Å². The van der Waals surface area contributed by atoms with Gasteiger partial charge in [-0.15, -0.1) is 11.3 Å². The van der Waals surface area contributed by atoms with E-state index in [1.807, 2.05) is 4.90 Å². The highest BCUT2D eigenvalue weighted by Gasteiger charge is 2.26. The zero-order valence-electron chi connectivity index (χ0n) is 13.7. The molecule has 0 atom stereocenters. The van der Waals surface area contributed by atoms with Crippen LogP contribution in [0.4, 0.5) is 0 Å². The molecule has 0 unspecified atom stereocenters. The van der Waals surface area contributed by atoms with Crippen LogP contribution in [0, 0.1) is 0 Å². The Bertz CT molecular complexity index is 808. The first-order chi connectivity index (χ1) is 12.1. The largest absolute Gasteiger partial charge is 0.444 e. The fourth-order valence-corrected chi connectivity index (χ4v) is 4.70. The summed E-state index contributed by atoms with van der Waals surface area (Å²) in [7, 11) is 0. The molecule has 0 spiro atoms. The second-order valence-corrected chi connectivity index (χ2v) is 8.20. The van der Waals surface area contributed by atoms with Crippen molar-refractivity contribution >= 4 is 39.0 Å². The van der Waals surface area contributed by atoms with E-state index >= 15 is 0 Å². The van der Waals surface area contributed by atoms with Gasteiger partial charge in [-0.1, -0.05) is 0 Å². The third-order valence-electron chi connectivity index (χ3n) is 4.61. The Kier molecular flexibility index (Phi) is 4.75.